The summed E-state index contributed by atoms with van der Waals surface area (Å²) in [6.45, 7) is 0. The quantitative estimate of drug-likeness (QED) is 0.340. The molecule has 0 aliphatic carbocycles. The van der Waals surface area contributed by atoms with Crippen molar-refractivity contribution in [3.63, 3.8) is 0 Å². The van der Waals surface area contributed by atoms with Gasteiger partial charge in [-0.3, -0.25) is 10.1 Å². The Hall–Kier alpha value is -0.240. The molecule has 0 aliphatic heterocycles. The molecule has 3 nitrogen and oxygen atoms in total. The zero-order chi connectivity index (χ0) is 9.30. The van der Waals surface area contributed by atoms with Crippen LogP contribution in [-0.4, -0.2) is 4.92 Å². The minimum absolute atomic E-state index is 0.498. The van der Waals surface area contributed by atoms with Gasteiger partial charge in [-0.25, -0.2) is 0 Å². The van der Waals surface area contributed by atoms with E-state index in [1.165, 1.54) is 6.07 Å². The van der Waals surface area contributed by atoms with Crippen LogP contribution in [0.5, 0.6) is 0 Å². The Bertz CT molecular complexity index is 345. The molecule has 1 aromatic rings. The van der Waals surface area contributed by atoms with E-state index in [1.54, 1.807) is 0 Å². The summed E-state index contributed by atoms with van der Waals surface area (Å²) in [5.41, 5.74) is -0.498. The summed E-state index contributed by atoms with van der Waals surface area (Å²) in [6, 6.07) is 2.26. The van der Waals surface area contributed by atoms with Gasteiger partial charge in [-0.1, -0.05) is 0 Å². The van der Waals surface area contributed by atoms with Gasteiger partial charge in [0.15, 0.2) is 0 Å². The highest BCUT2D eigenvalue weighted by molar-refractivity contribution is 14.1. The van der Waals surface area contributed by atoms with Crippen molar-refractivity contribution in [1.82, 2.24) is 0 Å². The third kappa shape index (κ3) is 1.92. The smallest absolute Gasteiger partial charge is 0.258 e. The molecule has 0 fully saturated rings. The first-order valence-corrected chi connectivity index (χ1v) is 4.68. The second-order valence-corrected chi connectivity index (χ2v) is 3.99. The average molecular weight is 346 g/mol. The summed E-state index contributed by atoms with van der Waals surface area (Å²) in [7, 11) is 0. The standard InChI is InChI=1S/C6H2BrFINO2/c7-3-1-4(8)6(10(11)12)2-5(3)9/h1-2H. The van der Waals surface area contributed by atoms with Crippen molar-refractivity contribution in [2.45, 2.75) is 0 Å². The van der Waals surface area contributed by atoms with Crippen LogP contribution in [0.4, 0.5) is 10.1 Å². The predicted molar refractivity (Wildman–Crippen MR) is 53.5 cm³/mol. The number of hydrogen-bond donors (Lipinski definition) is 0. The van der Waals surface area contributed by atoms with Crippen LogP contribution in [0.3, 0.4) is 0 Å². The first kappa shape index (κ1) is 9.85. The minimum Gasteiger partial charge on any atom is -0.258 e. The van der Waals surface area contributed by atoms with E-state index < -0.39 is 16.4 Å². The third-order valence-corrected chi connectivity index (χ3v) is 3.48. The van der Waals surface area contributed by atoms with Crippen molar-refractivity contribution in [3.8, 4) is 0 Å². The molecule has 0 saturated heterocycles. The normalized spacial score (nSPS) is 9.92. The Morgan fingerprint density at radius 3 is 2.67 bits per heavy atom. The maximum atomic E-state index is 12.8. The van der Waals surface area contributed by atoms with Crippen LogP contribution >= 0.6 is 38.5 Å². The average Bonchev–Trinajstić information content (AvgIpc) is 1.96. The van der Waals surface area contributed by atoms with Crippen molar-refractivity contribution < 1.29 is 9.31 Å². The predicted octanol–water partition coefficient (Wildman–Crippen LogP) is 3.10. The van der Waals surface area contributed by atoms with Crippen LogP contribution in [0.2, 0.25) is 0 Å². The summed E-state index contributed by atoms with van der Waals surface area (Å²) >= 11 is 4.94. The Balaban J connectivity index is 3.33. The van der Waals surface area contributed by atoms with Crippen LogP contribution in [0.1, 0.15) is 0 Å². The first-order valence-electron chi connectivity index (χ1n) is 2.81. The Kier molecular flexibility index (Phi) is 2.99. The van der Waals surface area contributed by atoms with Gasteiger partial charge in [0.05, 0.1) is 4.92 Å². The molecule has 0 spiro atoms. The zero-order valence-electron chi connectivity index (χ0n) is 5.55. The van der Waals surface area contributed by atoms with E-state index in [0.29, 0.717) is 8.04 Å². The number of rotatable bonds is 1. The van der Waals surface area contributed by atoms with Gasteiger partial charge in [0.1, 0.15) is 0 Å². The van der Waals surface area contributed by atoms with Crippen LogP contribution in [0.15, 0.2) is 16.6 Å². The fourth-order valence-electron chi connectivity index (χ4n) is 0.652. The molecular weight excluding hydrogens is 344 g/mol. The van der Waals surface area contributed by atoms with Crippen molar-refractivity contribution in [2.75, 3.05) is 0 Å². The second kappa shape index (κ2) is 3.65. The minimum atomic E-state index is -0.827. The van der Waals surface area contributed by atoms with Gasteiger partial charge in [0.25, 0.3) is 0 Å². The lowest BCUT2D eigenvalue weighted by atomic mass is 10.3. The van der Waals surface area contributed by atoms with Gasteiger partial charge >= 0.3 is 5.69 Å². The van der Waals surface area contributed by atoms with Crippen LogP contribution in [0, 0.1) is 19.5 Å². The molecule has 0 radical (unpaired) electrons. The van der Waals surface area contributed by atoms with E-state index in [4.69, 9.17) is 0 Å². The molecule has 0 unspecified atom stereocenters. The largest absolute Gasteiger partial charge is 0.305 e. The van der Waals surface area contributed by atoms with Gasteiger partial charge in [-0.05, 0) is 44.6 Å². The van der Waals surface area contributed by atoms with Gasteiger partial charge in [-0.2, -0.15) is 4.39 Å². The number of nitro groups is 1. The number of benzene rings is 1. The monoisotopic (exact) mass is 345 g/mol. The van der Waals surface area contributed by atoms with Crippen molar-refractivity contribution in [2.24, 2.45) is 0 Å². The third-order valence-electron chi connectivity index (χ3n) is 1.19. The molecule has 0 bridgehead atoms. The SMILES string of the molecule is O=[N+]([O-])c1cc(I)c(Br)cc1F. The number of nitro benzene ring substituents is 1. The van der Waals surface area contributed by atoms with E-state index >= 15 is 0 Å². The molecular formula is C6H2BrFINO2. The summed E-state index contributed by atoms with van der Waals surface area (Å²) in [5.74, 6) is -0.827. The van der Waals surface area contributed by atoms with E-state index in [-0.39, 0.29) is 0 Å². The van der Waals surface area contributed by atoms with Crippen LogP contribution in [-0.2, 0) is 0 Å². The van der Waals surface area contributed by atoms with E-state index in [9.17, 15) is 14.5 Å². The molecule has 6 heteroatoms. The molecule has 64 valence electrons. The van der Waals surface area contributed by atoms with Gasteiger partial charge in [0.2, 0.25) is 5.82 Å². The molecule has 0 atom stereocenters. The molecule has 0 saturated carbocycles. The maximum absolute atomic E-state index is 12.8. The summed E-state index contributed by atoms with van der Waals surface area (Å²) in [4.78, 5) is 9.49. The fraction of sp³-hybridized carbons (Fsp3) is 0. The van der Waals surface area contributed by atoms with Gasteiger partial charge in [0, 0.05) is 14.1 Å². The summed E-state index contributed by atoms with van der Waals surface area (Å²) < 4.78 is 13.9. The number of hydrogen-bond acceptors (Lipinski definition) is 2. The van der Waals surface area contributed by atoms with Crippen molar-refractivity contribution >= 4 is 44.2 Å². The number of nitrogens with zero attached hydrogens (tertiary/aromatic N) is 1. The van der Waals surface area contributed by atoms with E-state index in [0.717, 1.165) is 6.07 Å². The maximum Gasteiger partial charge on any atom is 0.305 e. The Morgan fingerprint density at radius 2 is 2.17 bits per heavy atom. The Labute approximate surface area is 89.4 Å². The molecule has 0 aromatic heterocycles. The molecule has 0 N–H and O–H groups in total. The first-order chi connectivity index (χ1) is 5.52. The van der Waals surface area contributed by atoms with E-state index in [1.807, 2.05) is 22.6 Å². The van der Waals surface area contributed by atoms with Crippen LogP contribution < -0.4 is 0 Å². The molecule has 0 aliphatic rings. The molecule has 12 heavy (non-hydrogen) atoms. The molecule has 1 rings (SSSR count). The van der Waals surface area contributed by atoms with Gasteiger partial charge in [-0.15, -0.1) is 0 Å². The zero-order valence-corrected chi connectivity index (χ0v) is 9.30. The molecule has 1 aromatic carbocycles. The topological polar surface area (TPSA) is 43.1 Å². The van der Waals surface area contributed by atoms with Gasteiger partial charge < -0.3 is 0 Å². The lowest BCUT2D eigenvalue weighted by molar-refractivity contribution is -0.387. The number of halogens is 3. The van der Waals surface area contributed by atoms with Crippen molar-refractivity contribution in [3.05, 3.63) is 36.1 Å². The summed E-state index contributed by atoms with van der Waals surface area (Å²) in [6.07, 6.45) is 0. The van der Waals surface area contributed by atoms with E-state index in [2.05, 4.69) is 15.9 Å². The highest BCUT2D eigenvalue weighted by Gasteiger charge is 2.15. The molecule has 0 amide bonds. The second-order valence-electron chi connectivity index (χ2n) is 1.97. The lowest BCUT2D eigenvalue weighted by Crippen LogP contribution is -1.93. The molecule has 0 heterocycles. The Morgan fingerprint density at radius 1 is 1.58 bits per heavy atom. The lowest BCUT2D eigenvalue weighted by Gasteiger charge is -1.97. The van der Waals surface area contributed by atoms with Crippen LogP contribution in [0.25, 0.3) is 0 Å². The highest BCUT2D eigenvalue weighted by Crippen LogP contribution is 2.26. The fourth-order valence-corrected chi connectivity index (χ4v) is 1.42. The summed E-state index contributed by atoms with van der Waals surface area (Å²) in [5, 5.41) is 10.2. The highest BCUT2D eigenvalue weighted by atomic mass is 127. The van der Waals surface area contributed by atoms with Crippen molar-refractivity contribution in [1.29, 1.82) is 0 Å².